The molecule has 2 rings (SSSR count). The van der Waals surface area contributed by atoms with Crippen LogP contribution in [0.5, 0.6) is 0 Å². The minimum absolute atomic E-state index is 0.198. The van der Waals surface area contributed by atoms with Crippen molar-refractivity contribution in [2.45, 2.75) is 26.9 Å². The second kappa shape index (κ2) is 6.62. The Morgan fingerprint density at radius 2 is 2.00 bits per heavy atom. The average Bonchev–Trinajstić information content (AvgIpc) is 2.98. The van der Waals surface area contributed by atoms with E-state index < -0.39 is 6.10 Å². The Kier molecular flexibility index (Phi) is 4.82. The summed E-state index contributed by atoms with van der Waals surface area (Å²) in [6.07, 6.45) is 2.48. The summed E-state index contributed by atoms with van der Waals surface area (Å²) in [4.78, 5) is 15.8. The molecule has 0 saturated heterocycles. The highest BCUT2D eigenvalue weighted by atomic mass is 16.3. The van der Waals surface area contributed by atoms with Crippen molar-refractivity contribution in [2.75, 3.05) is 11.9 Å². The van der Waals surface area contributed by atoms with E-state index in [1.165, 1.54) is 6.26 Å². The van der Waals surface area contributed by atoms with Gasteiger partial charge in [0.2, 0.25) is 5.89 Å². The zero-order chi connectivity index (χ0) is 16.2. The van der Waals surface area contributed by atoms with E-state index in [9.17, 15) is 9.90 Å². The van der Waals surface area contributed by atoms with Crippen molar-refractivity contribution in [1.82, 2.24) is 10.3 Å². The number of nitrogens with zero attached hydrogens (tertiary/aromatic N) is 1. The van der Waals surface area contributed by atoms with E-state index in [4.69, 9.17) is 4.42 Å². The van der Waals surface area contributed by atoms with Crippen LogP contribution in [0, 0.1) is 5.41 Å². The van der Waals surface area contributed by atoms with Gasteiger partial charge in [0.05, 0.1) is 12.3 Å². The topological polar surface area (TPSA) is 87.4 Å². The maximum Gasteiger partial charge on any atom is 0.319 e. The Bertz CT molecular complexity index is 601. The Morgan fingerprint density at radius 3 is 2.55 bits per heavy atom. The fourth-order valence-corrected chi connectivity index (χ4v) is 1.73. The zero-order valence-corrected chi connectivity index (χ0v) is 13.0. The summed E-state index contributed by atoms with van der Waals surface area (Å²) >= 11 is 0. The van der Waals surface area contributed by atoms with E-state index in [0.29, 0.717) is 11.6 Å². The van der Waals surface area contributed by atoms with E-state index in [2.05, 4.69) is 15.6 Å². The minimum Gasteiger partial charge on any atom is -0.445 e. The molecule has 0 bridgehead atoms. The molecule has 0 spiro atoms. The molecule has 0 fully saturated rings. The predicted molar refractivity (Wildman–Crippen MR) is 84.4 cm³/mol. The van der Waals surface area contributed by atoms with E-state index >= 15 is 0 Å². The number of carbonyl (C=O) groups is 1. The Morgan fingerprint density at radius 1 is 1.32 bits per heavy atom. The fraction of sp³-hybridized carbons (Fsp3) is 0.375. The highest BCUT2D eigenvalue weighted by Gasteiger charge is 2.22. The first-order chi connectivity index (χ1) is 10.4. The lowest BCUT2D eigenvalue weighted by Crippen LogP contribution is -2.40. The number of aromatic nitrogens is 1. The van der Waals surface area contributed by atoms with Crippen molar-refractivity contribution in [3.8, 4) is 11.5 Å². The number of urea groups is 1. The Balaban J connectivity index is 1.87. The molecule has 0 aliphatic heterocycles. The number of anilines is 1. The molecule has 0 radical (unpaired) electrons. The molecular weight excluding hydrogens is 282 g/mol. The van der Waals surface area contributed by atoms with Crippen LogP contribution in [-0.2, 0) is 0 Å². The molecule has 1 heterocycles. The maximum absolute atomic E-state index is 11.8. The summed E-state index contributed by atoms with van der Waals surface area (Å²) in [6, 6.07) is 6.79. The maximum atomic E-state index is 11.8. The van der Waals surface area contributed by atoms with Gasteiger partial charge < -0.3 is 20.2 Å². The minimum atomic E-state index is -0.606. The van der Waals surface area contributed by atoms with Crippen LogP contribution < -0.4 is 10.6 Å². The van der Waals surface area contributed by atoms with Crippen molar-refractivity contribution < 1.29 is 14.3 Å². The molecule has 0 aliphatic carbocycles. The number of amides is 2. The fourth-order valence-electron chi connectivity index (χ4n) is 1.73. The third-order valence-electron chi connectivity index (χ3n) is 3.28. The Hall–Kier alpha value is -2.34. The summed E-state index contributed by atoms with van der Waals surface area (Å²) in [5, 5.41) is 15.2. The summed E-state index contributed by atoms with van der Waals surface area (Å²) < 4.78 is 5.20. The predicted octanol–water partition coefficient (Wildman–Crippen LogP) is 2.87. The quantitative estimate of drug-likeness (QED) is 0.810. The van der Waals surface area contributed by atoms with Gasteiger partial charge in [-0.3, -0.25) is 0 Å². The van der Waals surface area contributed by atoms with Crippen molar-refractivity contribution >= 4 is 11.7 Å². The number of aliphatic hydroxyl groups is 1. The lowest BCUT2D eigenvalue weighted by molar-refractivity contribution is 0.0654. The van der Waals surface area contributed by atoms with Crippen molar-refractivity contribution in [2.24, 2.45) is 5.41 Å². The summed E-state index contributed by atoms with van der Waals surface area (Å²) in [6.45, 7) is 5.94. The van der Waals surface area contributed by atoms with Gasteiger partial charge in [-0.2, -0.15) is 0 Å². The number of nitrogens with one attached hydrogen (secondary N) is 2. The normalized spacial score (nSPS) is 12.7. The van der Waals surface area contributed by atoms with Crippen LogP contribution in [0.15, 0.2) is 41.1 Å². The second-order valence-corrected chi connectivity index (χ2v) is 6.13. The van der Waals surface area contributed by atoms with Gasteiger partial charge in [-0.25, -0.2) is 9.78 Å². The first-order valence-electron chi connectivity index (χ1n) is 7.09. The van der Waals surface area contributed by atoms with Crippen LogP contribution in [0.2, 0.25) is 0 Å². The van der Waals surface area contributed by atoms with Gasteiger partial charge in [0, 0.05) is 17.8 Å². The molecule has 0 aliphatic rings. The number of hydrogen-bond donors (Lipinski definition) is 3. The van der Waals surface area contributed by atoms with Gasteiger partial charge >= 0.3 is 6.03 Å². The molecule has 1 aromatic carbocycles. The molecule has 2 amide bonds. The molecule has 0 saturated carbocycles. The lowest BCUT2D eigenvalue weighted by atomic mass is 9.89. The number of rotatable bonds is 4. The van der Waals surface area contributed by atoms with Crippen LogP contribution in [0.1, 0.15) is 20.8 Å². The SMILES string of the molecule is CC(C)(C)C(O)CNC(=O)Nc1ccc(-c2ncco2)cc1. The van der Waals surface area contributed by atoms with Gasteiger partial charge in [-0.05, 0) is 29.7 Å². The second-order valence-electron chi connectivity index (χ2n) is 6.13. The summed E-state index contributed by atoms with van der Waals surface area (Å²) in [5.41, 5.74) is 1.21. The molecule has 2 aromatic rings. The number of benzene rings is 1. The highest BCUT2D eigenvalue weighted by molar-refractivity contribution is 5.89. The van der Waals surface area contributed by atoms with Crippen molar-refractivity contribution in [1.29, 1.82) is 0 Å². The van der Waals surface area contributed by atoms with Crippen molar-refractivity contribution in [3.63, 3.8) is 0 Å². The molecule has 1 aromatic heterocycles. The van der Waals surface area contributed by atoms with Gasteiger partial charge in [0.15, 0.2) is 0 Å². The monoisotopic (exact) mass is 303 g/mol. The molecule has 3 N–H and O–H groups in total. The van der Waals surface area contributed by atoms with Gasteiger partial charge in [0.1, 0.15) is 6.26 Å². The van der Waals surface area contributed by atoms with Crippen molar-refractivity contribution in [3.05, 3.63) is 36.7 Å². The molecule has 6 heteroatoms. The van der Waals surface area contributed by atoms with Crippen LogP contribution in [0.3, 0.4) is 0 Å². The standard InChI is InChI=1S/C16H21N3O3/c1-16(2,3)13(20)10-18-15(21)19-12-6-4-11(5-7-12)14-17-8-9-22-14/h4-9,13,20H,10H2,1-3H3,(H2,18,19,21). The largest absolute Gasteiger partial charge is 0.445 e. The van der Waals surface area contributed by atoms with E-state index in [1.54, 1.807) is 18.3 Å². The summed E-state index contributed by atoms with van der Waals surface area (Å²) in [7, 11) is 0. The molecule has 22 heavy (non-hydrogen) atoms. The number of hydrogen-bond acceptors (Lipinski definition) is 4. The smallest absolute Gasteiger partial charge is 0.319 e. The van der Waals surface area contributed by atoms with Crippen LogP contribution in [0.25, 0.3) is 11.5 Å². The van der Waals surface area contributed by atoms with Crippen LogP contribution in [-0.4, -0.2) is 28.8 Å². The van der Waals surface area contributed by atoms with Gasteiger partial charge in [0.25, 0.3) is 0 Å². The van der Waals surface area contributed by atoms with Crippen LogP contribution >= 0.6 is 0 Å². The van der Waals surface area contributed by atoms with Gasteiger partial charge in [-0.15, -0.1) is 0 Å². The average molecular weight is 303 g/mol. The number of carbonyl (C=O) groups excluding carboxylic acids is 1. The van der Waals surface area contributed by atoms with E-state index in [1.807, 2.05) is 32.9 Å². The first-order valence-corrected chi connectivity index (χ1v) is 7.09. The molecular formula is C16H21N3O3. The number of aliphatic hydroxyl groups excluding tert-OH is 1. The van der Waals surface area contributed by atoms with E-state index in [-0.39, 0.29) is 18.0 Å². The first kappa shape index (κ1) is 16.0. The van der Waals surface area contributed by atoms with Gasteiger partial charge in [-0.1, -0.05) is 20.8 Å². The molecule has 1 atom stereocenters. The lowest BCUT2D eigenvalue weighted by Gasteiger charge is -2.25. The molecule has 1 unspecified atom stereocenters. The third kappa shape index (κ3) is 4.33. The Labute approximate surface area is 129 Å². The third-order valence-corrected chi connectivity index (χ3v) is 3.28. The molecule has 118 valence electrons. The zero-order valence-electron chi connectivity index (χ0n) is 13.0. The summed E-state index contributed by atoms with van der Waals surface area (Å²) in [5.74, 6) is 0.532. The van der Waals surface area contributed by atoms with Crippen LogP contribution in [0.4, 0.5) is 10.5 Å². The number of oxazole rings is 1. The molecule has 6 nitrogen and oxygen atoms in total. The highest BCUT2D eigenvalue weighted by Crippen LogP contribution is 2.20. The van der Waals surface area contributed by atoms with E-state index in [0.717, 1.165) is 5.56 Å².